The van der Waals surface area contributed by atoms with Gasteiger partial charge in [0.15, 0.2) is 0 Å². The van der Waals surface area contributed by atoms with Crippen LogP contribution in [0.15, 0.2) is 59.8 Å². The summed E-state index contributed by atoms with van der Waals surface area (Å²) in [5, 5.41) is 0. The molecule has 0 atom stereocenters. The number of nitrogens with zero attached hydrogens (tertiary/aromatic N) is 2. The van der Waals surface area contributed by atoms with Gasteiger partial charge in [0.05, 0.1) is 5.69 Å². The first-order valence-electron chi connectivity index (χ1n) is 5.52. The third-order valence-corrected chi connectivity index (χ3v) is 2.97. The molecule has 3 aromatic rings. The Morgan fingerprint density at radius 1 is 0.941 bits per heavy atom. The van der Waals surface area contributed by atoms with Crippen molar-refractivity contribution < 1.29 is 0 Å². The van der Waals surface area contributed by atoms with Gasteiger partial charge in [-0.05, 0) is 30.7 Å². The molecule has 17 heavy (non-hydrogen) atoms. The summed E-state index contributed by atoms with van der Waals surface area (Å²) in [4.78, 5) is 12.3. The molecule has 0 aliphatic heterocycles. The average Bonchev–Trinajstić information content (AvgIpc) is 2.80. The van der Waals surface area contributed by atoms with E-state index in [0.717, 1.165) is 11.3 Å². The highest BCUT2D eigenvalue weighted by Crippen LogP contribution is 2.11. The highest BCUT2D eigenvalue weighted by Gasteiger charge is 2.05. The third kappa shape index (κ3) is 1.47. The molecule has 2 aromatic heterocycles. The molecule has 3 heteroatoms. The van der Waals surface area contributed by atoms with E-state index < -0.39 is 0 Å². The van der Waals surface area contributed by atoms with E-state index in [1.54, 1.807) is 10.8 Å². The fourth-order valence-corrected chi connectivity index (χ4v) is 2.06. The van der Waals surface area contributed by atoms with Gasteiger partial charge in [-0.3, -0.25) is 9.36 Å². The lowest BCUT2D eigenvalue weighted by Gasteiger charge is -2.09. The predicted octanol–water partition coefficient (Wildman–Crippen LogP) is 2.40. The number of aromatic nitrogens is 2. The first-order valence-corrected chi connectivity index (χ1v) is 5.52. The van der Waals surface area contributed by atoms with Crippen LogP contribution in [0.5, 0.6) is 0 Å². The number of hydrogen-bond donors (Lipinski definition) is 0. The van der Waals surface area contributed by atoms with Crippen LogP contribution in [0.1, 0.15) is 5.56 Å². The fraction of sp³-hybridized carbons (Fsp3) is 0.0714. The maximum absolute atomic E-state index is 12.3. The number of benzene rings is 1. The number of rotatable bonds is 1. The van der Waals surface area contributed by atoms with E-state index in [9.17, 15) is 4.79 Å². The second-order valence-electron chi connectivity index (χ2n) is 4.06. The molecule has 84 valence electrons. The summed E-state index contributed by atoms with van der Waals surface area (Å²) in [7, 11) is 0. The summed E-state index contributed by atoms with van der Waals surface area (Å²) < 4.78 is 3.52. The molecule has 0 amide bonds. The van der Waals surface area contributed by atoms with Crippen LogP contribution in [0, 0.1) is 6.92 Å². The molecule has 0 radical (unpaired) electrons. The Balaban J connectivity index is 2.35. The molecule has 0 aliphatic rings. The van der Waals surface area contributed by atoms with E-state index in [-0.39, 0.29) is 5.56 Å². The predicted molar refractivity (Wildman–Crippen MR) is 67.7 cm³/mol. The first-order chi connectivity index (χ1) is 8.27. The van der Waals surface area contributed by atoms with Crippen molar-refractivity contribution >= 4 is 5.52 Å². The summed E-state index contributed by atoms with van der Waals surface area (Å²) in [6, 6.07) is 11.6. The molecular formula is C14H12N2O. The van der Waals surface area contributed by atoms with Crippen molar-refractivity contribution in [2.24, 2.45) is 0 Å². The Morgan fingerprint density at radius 3 is 2.59 bits per heavy atom. The lowest BCUT2D eigenvalue weighted by atomic mass is 10.2. The van der Waals surface area contributed by atoms with Crippen LogP contribution < -0.4 is 5.56 Å². The van der Waals surface area contributed by atoms with Crippen molar-refractivity contribution in [2.75, 3.05) is 0 Å². The van der Waals surface area contributed by atoms with E-state index in [1.807, 2.05) is 60.1 Å². The monoisotopic (exact) mass is 224 g/mol. The average molecular weight is 224 g/mol. The van der Waals surface area contributed by atoms with Gasteiger partial charge in [0.25, 0.3) is 5.56 Å². The minimum absolute atomic E-state index is 0.00630. The van der Waals surface area contributed by atoms with Crippen molar-refractivity contribution in [3.63, 3.8) is 0 Å². The molecule has 0 N–H and O–H groups in total. The summed E-state index contributed by atoms with van der Waals surface area (Å²) >= 11 is 0. The number of para-hydroxylation sites is 1. The van der Waals surface area contributed by atoms with Crippen LogP contribution in [0.2, 0.25) is 0 Å². The molecule has 2 heterocycles. The van der Waals surface area contributed by atoms with Gasteiger partial charge in [0, 0.05) is 18.6 Å². The second-order valence-corrected chi connectivity index (χ2v) is 4.06. The lowest BCUT2D eigenvalue weighted by Crippen LogP contribution is -2.19. The Morgan fingerprint density at radius 2 is 1.76 bits per heavy atom. The van der Waals surface area contributed by atoms with Crippen molar-refractivity contribution in [1.29, 1.82) is 0 Å². The zero-order valence-electron chi connectivity index (χ0n) is 9.50. The zero-order chi connectivity index (χ0) is 11.8. The van der Waals surface area contributed by atoms with Crippen molar-refractivity contribution in [3.8, 4) is 5.69 Å². The van der Waals surface area contributed by atoms with Gasteiger partial charge in [-0.15, -0.1) is 0 Å². The van der Waals surface area contributed by atoms with Crippen LogP contribution in [0.3, 0.4) is 0 Å². The standard InChI is InChI=1S/C14H12N2O/c1-11-5-2-3-6-12(11)16-10-9-15-8-4-7-13(15)14(16)17/h2-10H,1H3. The van der Waals surface area contributed by atoms with Gasteiger partial charge >= 0.3 is 0 Å². The van der Waals surface area contributed by atoms with Crippen molar-refractivity contribution in [1.82, 2.24) is 8.97 Å². The van der Waals surface area contributed by atoms with Crippen LogP contribution in [0.4, 0.5) is 0 Å². The summed E-state index contributed by atoms with van der Waals surface area (Å²) in [5.41, 5.74) is 2.72. The molecular weight excluding hydrogens is 212 g/mol. The minimum atomic E-state index is 0.00630. The van der Waals surface area contributed by atoms with Crippen LogP contribution >= 0.6 is 0 Å². The van der Waals surface area contributed by atoms with Gasteiger partial charge < -0.3 is 4.40 Å². The lowest BCUT2D eigenvalue weighted by molar-refractivity contribution is 0.949. The number of aryl methyl sites for hydroxylation is 1. The van der Waals surface area contributed by atoms with Crippen molar-refractivity contribution in [3.05, 3.63) is 70.9 Å². The van der Waals surface area contributed by atoms with Gasteiger partial charge in [-0.25, -0.2) is 0 Å². The van der Waals surface area contributed by atoms with Gasteiger partial charge in [0.2, 0.25) is 0 Å². The number of fused-ring (bicyclic) bond motifs is 1. The molecule has 3 rings (SSSR count). The molecule has 0 saturated heterocycles. The number of hydrogen-bond acceptors (Lipinski definition) is 1. The molecule has 0 aliphatic carbocycles. The highest BCUT2D eigenvalue weighted by molar-refractivity contribution is 5.49. The van der Waals surface area contributed by atoms with Gasteiger partial charge in [-0.2, -0.15) is 0 Å². The summed E-state index contributed by atoms with van der Waals surface area (Å²) in [6.07, 6.45) is 5.57. The first kappa shape index (κ1) is 9.90. The zero-order valence-corrected chi connectivity index (χ0v) is 9.50. The Labute approximate surface area is 98.6 Å². The van der Waals surface area contributed by atoms with E-state index >= 15 is 0 Å². The maximum Gasteiger partial charge on any atom is 0.279 e. The Hall–Kier alpha value is -2.29. The highest BCUT2D eigenvalue weighted by atomic mass is 16.1. The maximum atomic E-state index is 12.3. The molecule has 0 fully saturated rings. The van der Waals surface area contributed by atoms with E-state index in [1.165, 1.54) is 0 Å². The molecule has 1 aromatic carbocycles. The van der Waals surface area contributed by atoms with Crippen LogP contribution in [-0.2, 0) is 0 Å². The second kappa shape index (κ2) is 3.63. The van der Waals surface area contributed by atoms with E-state index in [2.05, 4.69) is 0 Å². The Kier molecular flexibility index (Phi) is 2.11. The van der Waals surface area contributed by atoms with Crippen molar-refractivity contribution in [2.45, 2.75) is 6.92 Å². The van der Waals surface area contributed by atoms with E-state index in [4.69, 9.17) is 0 Å². The third-order valence-electron chi connectivity index (χ3n) is 2.97. The van der Waals surface area contributed by atoms with Crippen LogP contribution in [0.25, 0.3) is 11.2 Å². The molecule has 0 spiro atoms. The molecule has 0 saturated carbocycles. The smallest absolute Gasteiger partial charge is 0.279 e. The van der Waals surface area contributed by atoms with Gasteiger partial charge in [-0.1, -0.05) is 18.2 Å². The quantitative estimate of drug-likeness (QED) is 0.623. The van der Waals surface area contributed by atoms with E-state index in [0.29, 0.717) is 5.52 Å². The molecule has 3 nitrogen and oxygen atoms in total. The fourth-order valence-electron chi connectivity index (χ4n) is 2.06. The largest absolute Gasteiger partial charge is 0.318 e. The normalized spacial score (nSPS) is 10.9. The molecule has 0 bridgehead atoms. The summed E-state index contributed by atoms with van der Waals surface area (Å²) in [6.45, 7) is 2.00. The molecule has 0 unspecified atom stereocenters. The van der Waals surface area contributed by atoms with Gasteiger partial charge in [0.1, 0.15) is 5.52 Å². The topological polar surface area (TPSA) is 26.4 Å². The Bertz CT molecular complexity index is 737. The minimum Gasteiger partial charge on any atom is -0.318 e. The van der Waals surface area contributed by atoms with Crippen LogP contribution in [-0.4, -0.2) is 8.97 Å². The summed E-state index contributed by atoms with van der Waals surface area (Å²) in [5.74, 6) is 0. The SMILES string of the molecule is Cc1ccccc1-n1ccn2cccc2c1=O.